The van der Waals surface area contributed by atoms with Crippen molar-refractivity contribution >= 4 is 11.9 Å². The van der Waals surface area contributed by atoms with Crippen molar-refractivity contribution in [1.82, 2.24) is 10.1 Å². The van der Waals surface area contributed by atoms with Gasteiger partial charge < -0.3 is 14.2 Å². The Bertz CT molecular complexity index is 448. The van der Waals surface area contributed by atoms with E-state index < -0.39 is 0 Å². The molecule has 1 aromatic heterocycles. The maximum absolute atomic E-state index is 12.1. The van der Waals surface area contributed by atoms with Crippen molar-refractivity contribution in [2.75, 3.05) is 20.7 Å². The van der Waals surface area contributed by atoms with E-state index in [1.807, 2.05) is 0 Å². The molecule has 0 aliphatic carbocycles. The molecule has 1 unspecified atom stereocenters. The van der Waals surface area contributed by atoms with E-state index >= 15 is 0 Å². The fourth-order valence-electron chi connectivity index (χ4n) is 1.83. The number of carbonyl (C=O) groups is 2. The van der Waals surface area contributed by atoms with Crippen molar-refractivity contribution in [3.8, 4) is 0 Å². The van der Waals surface area contributed by atoms with E-state index in [2.05, 4.69) is 9.89 Å². The van der Waals surface area contributed by atoms with Crippen molar-refractivity contribution in [1.29, 1.82) is 0 Å². The molecule has 0 radical (unpaired) electrons. The molecule has 0 N–H and O–H groups in total. The number of likely N-dealkylation sites (N-methyl/N-ethyl adjacent to an activating group) is 1. The van der Waals surface area contributed by atoms with Gasteiger partial charge in [0.1, 0.15) is 5.76 Å². The van der Waals surface area contributed by atoms with Crippen molar-refractivity contribution in [2.24, 2.45) is 5.92 Å². The van der Waals surface area contributed by atoms with Crippen LogP contribution in [0, 0.1) is 19.8 Å². The molecular weight excluding hydrogens is 248 g/mol. The number of amides is 1. The molecule has 0 saturated heterocycles. The zero-order valence-electron chi connectivity index (χ0n) is 12.0. The summed E-state index contributed by atoms with van der Waals surface area (Å²) < 4.78 is 9.65. The second-order valence-electron chi connectivity index (χ2n) is 4.68. The summed E-state index contributed by atoms with van der Waals surface area (Å²) in [5.41, 5.74) is 1.53. The highest BCUT2D eigenvalue weighted by atomic mass is 16.5. The van der Waals surface area contributed by atoms with Gasteiger partial charge in [-0.05, 0) is 13.8 Å². The summed E-state index contributed by atoms with van der Waals surface area (Å²) in [5, 5.41) is 3.81. The lowest BCUT2D eigenvalue weighted by molar-refractivity contribution is -0.146. The minimum absolute atomic E-state index is 0.0786. The van der Waals surface area contributed by atoms with E-state index in [1.54, 1.807) is 27.8 Å². The quantitative estimate of drug-likeness (QED) is 0.748. The van der Waals surface area contributed by atoms with Crippen LogP contribution in [0.5, 0.6) is 0 Å². The molecule has 1 rings (SSSR count). The van der Waals surface area contributed by atoms with Crippen LogP contribution in [0.1, 0.15) is 23.9 Å². The lowest BCUT2D eigenvalue weighted by Gasteiger charge is -2.20. The average molecular weight is 268 g/mol. The van der Waals surface area contributed by atoms with Crippen molar-refractivity contribution < 1.29 is 18.8 Å². The molecule has 106 valence electrons. The minimum Gasteiger partial charge on any atom is -0.469 e. The largest absolute Gasteiger partial charge is 0.469 e. The first kappa shape index (κ1) is 15.2. The average Bonchev–Trinajstić information content (AvgIpc) is 2.69. The molecule has 0 fully saturated rings. The number of hydrogen-bond acceptors (Lipinski definition) is 5. The van der Waals surface area contributed by atoms with Crippen LogP contribution in [0.3, 0.4) is 0 Å². The molecule has 0 spiro atoms. The van der Waals surface area contributed by atoms with Crippen molar-refractivity contribution in [2.45, 2.75) is 27.2 Å². The van der Waals surface area contributed by atoms with Gasteiger partial charge >= 0.3 is 5.97 Å². The van der Waals surface area contributed by atoms with E-state index in [9.17, 15) is 9.59 Å². The number of nitrogens with zero attached hydrogens (tertiary/aromatic N) is 2. The van der Waals surface area contributed by atoms with Gasteiger partial charge in [-0.25, -0.2) is 0 Å². The molecule has 0 bridgehead atoms. The van der Waals surface area contributed by atoms with Gasteiger partial charge in [-0.15, -0.1) is 0 Å². The van der Waals surface area contributed by atoms with Crippen LogP contribution < -0.4 is 0 Å². The van der Waals surface area contributed by atoms with Gasteiger partial charge in [0, 0.05) is 19.2 Å². The van der Waals surface area contributed by atoms with Gasteiger partial charge in [-0.2, -0.15) is 0 Å². The molecule has 19 heavy (non-hydrogen) atoms. The number of methoxy groups -OCH3 is 1. The lowest BCUT2D eigenvalue weighted by atomic mass is 10.1. The summed E-state index contributed by atoms with van der Waals surface area (Å²) >= 11 is 0. The highest BCUT2D eigenvalue weighted by Gasteiger charge is 2.21. The summed E-state index contributed by atoms with van der Waals surface area (Å²) in [6.45, 7) is 5.64. The van der Waals surface area contributed by atoms with Crippen molar-refractivity contribution in [3.63, 3.8) is 0 Å². The molecule has 0 aliphatic heterocycles. The molecule has 6 nitrogen and oxygen atoms in total. The van der Waals surface area contributed by atoms with Crippen LogP contribution in [0.2, 0.25) is 0 Å². The molecule has 0 aliphatic rings. The Labute approximate surface area is 112 Å². The summed E-state index contributed by atoms with van der Waals surface area (Å²) in [6, 6.07) is 0. The van der Waals surface area contributed by atoms with E-state index in [0.29, 0.717) is 12.3 Å². The molecule has 6 heteroatoms. The second-order valence-corrected chi connectivity index (χ2v) is 4.68. The first-order chi connectivity index (χ1) is 8.86. The lowest BCUT2D eigenvalue weighted by Crippen LogP contribution is -2.35. The van der Waals surface area contributed by atoms with E-state index in [-0.39, 0.29) is 24.2 Å². The number of hydrogen-bond donors (Lipinski definition) is 0. The highest BCUT2D eigenvalue weighted by molar-refractivity contribution is 5.80. The topological polar surface area (TPSA) is 72.6 Å². The maximum atomic E-state index is 12.1. The van der Waals surface area contributed by atoms with Crippen molar-refractivity contribution in [3.05, 3.63) is 17.0 Å². The first-order valence-electron chi connectivity index (χ1n) is 6.10. The number of aromatic nitrogens is 1. The Balaban J connectivity index is 2.61. The standard InChI is InChI=1S/C13H20N2O4/c1-8(13(17)18-5)7-15(4)12(16)6-11-9(2)14-19-10(11)3/h8H,6-7H2,1-5H3. The third-order valence-corrected chi connectivity index (χ3v) is 3.09. The zero-order chi connectivity index (χ0) is 14.6. The smallest absolute Gasteiger partial charge is 0.310 e. The Morgan fingerprint density at radius 1 is 1.42 bits per heavy atom. The third-order valence-electron chi connectivity index (χ3n) is 3.09. The van der Waals surface area contributed by atoms with Gasteiger partial charge in [0.25, 0.3) is 0 Å². The highest BCUT2D eigenvalue weighted by Crippen LogP contribution is 2.14. The van der Waals surface area contributed by atoms with Crippen LogP contribution in [0.25, 0.3) is 0 Å². The summed E-state index contributed by atoms with van der Waals surface area (Å²) in [7, 11) is 3.00. The number of carbonyl (C=O) groups excluding carboxylic acids is 2. The predicted molar refractivity (Wildman–Crippen MR) is 68.5 cm³/mol. The monoisotopic (exact) mass is 268 g/mol. The Morgan fingerprint density at radius 3 is 2.53 bits per heavy atom. The van der Waals surface area contributed by atoms with Crippen LogP contribution in [-0.2, 0) is 20.7 Å². The molecule has 0 aromatic carbocycles. The third kappa shape index (κ3) is 3.81. The number of esters is 1. The molecule has 1 atom stereocenters. The minimum atomic E-state index is -0.344. The van der Waals surface area contributed by atoms with Gasteiger partial charge in [-0.3, -0.25) is 9.59 Å². The Morgan fingerprint density at radius 2 is 2.05 bits per heavy atom. The van der Waals surface area contributed by atoms with Gasteiger partial charge in [0.15, 0.2) is 0 Å². The van der Waals surface area contributed by atoms with E-state index in [0.717, 1.165) is 11.3 Å². The molecule has 1 amide bonds. The number of rotatable bonds is 5. The molecule has 1 aromatic rings. The van der Waals surface area contributed by atoms with Crippen LogP contribution in [0.15, 0.2) is 4.52 Å². The number of ether oxygens (including phenoxy) is 1. The second kappa shape index (κ2) is 6.36. The van der Waals surface area contributed by atoms with Gasteiger partial charge in [0.05, 0.1) is 25.1 Å². The fraction of sp³-hybridized carbons (Fsp3) is 0.615. The van der Waals surface area contributed by atoms with Crippen LogP contribution in [-0.4, -0.2) is 42.6 Å². The number of aryl methyl sites for hydroxylation is 2. The Hall–Kier alpha value is -1.85. The summed E-state index contributed by atoms with van der Waals surface area (Å²) in [4.78, 5) is 24.9. The molecule has 1 heterocycles. The van der Waals surface area contributed by atoms with Crippen LogP contribution >= 0.6 is 0 Å². The summed E-state index contributed by atoms with van der Waals surface area (Å²) in [5.74, 6) is -0.0916. The fourth-order valence-corrected chi connectivity index (χ4v) is 1.83. The van der Waals surface area contributed by atoms with Crippen LogP contribution in [0.4, 0.5) is 0 Å². The van der Waals surface area contributed by atoms with E-state index in [1.165, 1.54) is 12.0 Å². The zero-order valence-corrected chi connectivity index (χ0v) is 12.0. The normalized spacial score (nSPS) is 12.1. The molecule has 0 saturated carbocycles. The molecular formula is C13H20N2O4. The van der Waals surface area contributed by atoms with E-state index in [4.69, 9.17) is 4.52 Å². The maximum Gasteiger partial charge on any atom is 0.310 e. The first-order valence-corrected chi connectivity index (χ1v) is 6.10. The SMILES string of the molecule is COC(=O)C(C)CN(C)C(=O)Cc1c(C)noc1C. The predicted octanol–water partition coefficient (Wildman–Crippen LogP) is 1.10. The Kier molecular flexibility index (Phi) is 5.09. The summed E-state index contributed by atoms with van der Waals surface area (Å²) in [6.07, 6.45) is 0.228. The van der Waals surface area contributed by atoms with Gasteiger partial charge in [-0.1, -0.05) is 12.1 Å². The van der Waals surface area contributed by atoms with Gasteiger partial charge in [0.2, 0.25) is 5.91 Å².